The van der Waals surface area contributed by atoms with Crippen LogP contribution in [0.15, 0.2) is 29.4 Å². The normalized spacial score (nSPS) is 11.1. The lowest BCUT2D eigenvalue weighted by molar-refractivity contribution is 0.106. The Morgan fingerprint density at radius 2 is 2.29 bits per heavy atom. The van der Waals surface area contributed by atoms with E-state index in [1.54, 1.807) is 18.2 Å². The molecule has 0 saturated carbocycles. The Hall–Kier alpha value is -1.55. The van der Waals surface area contributed by atoms with Gasteiger partial charge in [-0.05, 0) is 12.1 Å². The van der Waals surface area contributed by atoms with Crippen LogP contribution in [0.3, 0.4) is 0 Å². The Morgan fingerprint density at radius 3 is 2.86 bits per heavy atom. The third-order valence-electron chi connectivity index (χ3n) is 1.61. The number of methoxy groups -OCH3 is 1. The first kappa shape index (κ1) is 10.5. The van der Waals surface area contributed by atoms with Gasteiger partial charge in [0.15, 0.2) is 0 Å². The van der Waals surface area contributed by atoms with Crippen molar-refractivity contribution in [3.63, 3.8) is 0 Å². The van der Waals surface area contributed by atoms with E-state index in [9.17, 15) is 4.79 Å². The Morgan fingerprint density at radius 1 is 1.57 bits per heavy atom. The Kier molecular flexibility index (Phi) is 3.48. The minimum absolute atomic E-state index is 0.312. The highest BCUT2D eigenvalue weighted by molar-refractivity contribution is 6.84. The molecule has 0 aliphatic heterocycles. The van der Waals surface area contributed by atoms with E-state index < -0.39 is 11.0 Å². The highest BCUT2D eigenvalue weighted by Crippen LogP contribution is 2.13. The lowest BCUT2D eigenvalue weighted by Gasteiger charge is -2.01. The molecule has 0 unspecified atom stereocenters. The summed E-state index contributed by atoms with van der Waals surface area (Å²) in [4.78, 5) is 11.4. The van der Waals surface area contributed by atoms with E-state index in [0.717, 1.165) is 0 Å². The predicted octanol–water partition coefficient (Wildman–Crippen LogP) is 1.90. The number of ketones is 1. The van der Waals surface area contributed by atoms with E-state index in [4.69, 9.17) is 21.5 Å². The van der Waals surface area contributed by atoms with Crippen LogP contribution in [0.2, 0.25) is 0 Å². The maximum absolute atomic E-state index is 11.4. The van der Waals surface area contributed by atoms with Crippen LogP contribution >= 0.6 is 11.6 Å². The van der Waals surface area contributed by atoms with Gasteiger partial charge in [0, 0.05) is 5.56 Å². The third-order valence-corrected chi connectivity index (χ3v) is 1.85. The van der Waals surface area contributed by atoms with Gasteiger partial charge in [-0.2, -0.15) is 0 Å². The topological polar surface area (TPSA) is 58.9 Å². The number of benzene rings is 1. The largest absolute Gasteiger partial charge is 0.497 e. The number of Topliss-reactive ketones (excluding diaryl/α,β-unsaturated/α-hetero) is 1. The second kappa shape index (κ2) is 4.62. The quantitative estimate of drug-likeness (QED) is 0.361. The molecule has 0 fully saturated rings. The summed E-state index contributed by atoms with van der Waals surface area (Å²) in [6, 6.07) is 6.41. The molecule has 0 aromatic heterocycles. The fraction of sp³-hybridized carbons (Fsp3) is 0.111. The minimum Gasteiger partial charge on any atom is -0.497 e. The first-order valence-electron chi connectivity index (χ1n) is 3.75. The molecule has 5 heteroatoms. The first-order chi connectivity index (χ1) is 6.69. The highest BCUT2D eigenvalue weighted by Gasteiger charge is 2.12. The van der Waals surface area contributed by atoms with Crippen molar-refractivity contribution in [3.05, 3.63) is 29.8 Å². The number of hydrogen-bond acceptors (Lipinski definition) is 4. The summed E-state index contributed by atoms with van der Waals surface area (Å²) < 4.78 is 4.92. The maximum Gasteiger partial charge on any atom is 0.226 e. The molecule has 0 heterocycles. The fourth-order valence-corrected chi connectivity index (χ4v) is 1.04. The smallest absolute Gasteiger partial charge is 0.226 e. The lowest BCUT2D eigenvalue weighted by atomic mass is 10.1. The van der Waals surface area contributed by atoms with Gasteiger partial charge >= 0.3 is 0 Å². The van der Waals surface area contributed by atoms with Gasteiger partial charge in [0.2, 0.25) is 11.0 Å². The second-order valence-electron chi connectivity index (χ2n) is 2.45. The fourth-order valence-electron chi connectivity index (χ4n) is 0.929. The van der Waals surface area contributed by atoms with Gasteiger partial charge in [-0.3, -0.25) is 4.79 Å². The molecule has 0 spiro atoms. The van der Waals surface area contributed by atoms with E-state index >= 15 is 0 Å². The Labute approximate surface area is 85.7 Å². The molecule has 0 amide bonds. The van der Waals surface area contributed by atoms with Crippen LogP contribution in [0.25, 0.3) is 0 Å². The zero-order valence-corrected chi connectivity index (χ0v) is 8.15. The molecule has 0 bridgehead atoms. The van der Waals surface area contributed by atoms with Gasteiger partial charge in [0.1, 0.15) is 5.75 Å². The van der Waals surface area contributed by atoms with Crippen molar-refractivity contribution in [2.24, 2.45) is 5.16 Å². The standard InChI is InChI=1S/C9H8ClNO3/c1-14-7-4-2-3-6(5-7)8(12)9(10)11-13/h2-5,13H,1H3. The van der Waals surface area contributed by atoms with E-state index in [1.165, 1.54) is 13.2 Å². The van der Waals surface area contributed by atoms with E-state index in [0.29, 0.717) is 11.3 Å². The average Bonchev–Trinajstić information content (AvgIpc) is 2.27. The number of carbonyl (C=O) groups is 1. The van der Waals surface area contributed by atoms with Crippen LogP contribution in [-0.2, 0) is 0 Å². The molecular formula is C9H8ClNO3. The van der Waals surface area contributed by atoms with Crippen molar-refractivity contribution in [1.82, 2.24) is 0 Å². The number of rotatable bonds is 3. The molecule has 1 rings (SSSR count). The van der Waals surface area contributed by atoms with Crippen LogP contribution in [0, 0.1) is 0 Å². The number of ether oxygens (including phenoxy) is 1. The summed E-state index contributed by atoms with van der Waals surface area (Å²) in [5.41, 5.74) is 0.312. The molecule has 0 radical (unpaired) electrons. The molecule has 14 heavy (non-hydrogen) atoms. The molecule has 0 aliphatic carbocycles. The number of carbonyl (C=O) groups excluding carboxylic acids is 1. The zero-order chi connectivity index (χ0) is 10.6. The lowest BCUT2D eigenvalue weighted by Crippen LogP contribution is -2.07. The summed E-state index contributed by atoms with van der Waals surface area (Å²) in [5, 5.41) is 10.4. The molecule has 1 aromatic rings. The van der Waals surface area contributed by atoms with Crippen molar-refractivity contribution in [1.29, 1.82) is 0 Å². The monoisotopic (exact) mass is 213 g/mol. The van der Waals surface area contributed by atoms with Gasteiger partial charge < -0.3 is 9.94 Å². The number of nitrogens with zero attached hydrogens (tertiary/aromatic N) is 1. The number of oxime groups is 1. The minimum atomic E-state index is -0.548. The van der Waals surface area contributed by atoms with Gasteiger partial charge in [0.25, 0.3) is 0 Å². The maximum atomic E-state index is 11.4. The van der Waals surface area contributed by atoms with Gasteiger partial charge in [-0.25, -0.2) is 0 Å². The van der Waals surface area contributed by atoms with Crippen molar-refractivity contribution < 1.29 is 14.7 Å². The zero-order valence-electron chi connectivity index (χ0n) is 7.40. The van der Waals surface area contributed by atoms with Crippen molar-refractivity contribution in [3.8, 4) is 5.75 Å². The van der Waals surface area contributed by atoms with E-state index in [1.807, 2.05) is 0 Å². The van der Waals surface area contributed by atoms with E-state index in [2.05, 4.69) is 5.16 Å². The molecule has 4 nitrogen and oxygen atoms in total. The summed E-state index contributed by atoms with van der Waals surface area (Å²) in [5.74, 6) is -0.00803. The predicted molar refractivity (Wildman–Crippen MR) is 52.4 cm³/mol. The summed E-state index contributed by atoms with van der Waals surface area (Å²) in [6.45, 7) is 0. The number of hydrogen-bond donors (Lipinski definition) is 1. The number of halogens is 1. The molecule has 1 N–H and O–H groups in total. The summed E-state index contributed by atoms with van der Waals surface area (Å²) in [6.07, 6.45) is 0. The molecule has 0 aliphatic rings. The average molecular weight is 214 g/mol. The third kappa shape index (κ3) is 2.23. The SMILES string of the molecule is COc1cccc(C(=O)C(Cl)=NO)c1. The highest BCUT2D eigenvalue weighted by atomic mass is 35.5. The van der Waals surface area contributed by atoms with Gasteiger partial charge in [-0.1, -0.05) is 28.9 Å². The second-order valence-corrected chi connectivity index (χ2v) is 2.81. The van der Waals surface area contributed by atoms with Crippen LogP contribution < -0.4 is 4.74 Å². The first-order valence-corrected chi connectivity index (χ1v) is 4.13. The Bertz CT molecular complexity index is 376. The van der Waals surface area contributed by atoms with Gasteiger partial charge in [0.05, 0.1) is 7.11 Å². The summed E-state index contributed by atoms with van der Waals surface area (Å²) in [7, 11) is 1.49. The molecular weight excluding hydrogens is 206 g/mol. The molecule has 74 valence electrons. The summed E-state index contributed by atoms with van der Waals surface area (Å²) >= 11 is 5.36. The van der Waals surface area contributed by atoms with Crippen molar-refractivity contribution >= 4 is 22.6 Å². The van der Waals surface area contributed by atoms with Crippen molar-refractivity contribution in [2.75, 3.05) is 7.11 Å². The van der Waals surface area contributed by atoms with Gasteiger partial charge in [-0.15, -0.1) is 0 Å². The molecule has 0 atom stereocenters. The van der Waals surface area contributed by atoms with Crippen molar-refractivity contribution in [2.45, 2.75) is 0 Å². The van der Waals surface area contributed by atoms with Crippen LogP contribution in [0.1, 0.15) is 10.4 Å². The Balaban J connectivity index is 3.01. The molecule has 0 saturated heterocycles. The van der Waals surface area contributed by atoms with Crippen LogP contribution in [-0.4, -0.2) is 23.3 Å². The van der Waals surface area contributed by atoms with Crippen LogP contribution in [0.5, 0.6) is 5.75 Å². The van der Waals surface area contributed by atoms with Crippen LogP contribution in [0.4, 0.5) is 0 Å². The molecule has 1 aromatic carbocycles. The van der Waals surface area contributed by atoms with E-state index in [-0.39, 0.29) is 0 Å².